The van der Waals surface area contributed by atoms with Gasteiger partial charge in [-0.15, -0.1) is 0 Å². The highest BCUT2D eigenvalue weighted by Crippen LogP contribution is 2.24. The van der Waals surface area contributed by atoms with Gasteiger partial charge >= 0.3 is 0 Å². The second-order valence-corrected chi connectivity index (χ2v) is 4.67. The van der Waals surface area contributed by atoms with Crippen molar-refractivity contribution in [2.45, 2.75) is 39.2 Å². The van der Waals surface area contributed by atoms with E-state index in [0.29, 0.717) is 10.8 Å². The predicted molar refractivity (Wildman–Crippen MR) is 74.9 cm³/mol. The van der Waals surface area contributed by atoms with Crippen molar-refractivity contribution in [3.63, 3.8) is 0 Å². The number of hydrogen-bond acceptors (Lipinski definition) is 3. The largest absolute Gasteiger partial charge is 0.296 e. The van der Waals surface area contributed by atoms with Crippen LogP contribution in [0.4, 0.5) is 0 Å². The lowest BCUT2D eigenvalue weighted by Crippen LogP contribution is -2.10. The molecule has 0 bridgehead atoms. The third-order valence-corrected chi connectivity index (χ3v) is 3.34. The molecule has 1 atom stereocenters. The molecular weight excluding hydrogens is 244 g/mol. The van der Waals surface area contributed by atoms with Crippen LogP contribution in [0.1, 0.15) is 39.2 Å². The Morgan fingerprint density at radius 2 is 2.22 bits per heavy atom. The molecule has 5 heteroatoms. The van der Waals surface area contributed by atoms with E-state index in [9.17, 15) is 0 Å². The van der Waals surface area contributed by atoms with Gasteiger partial charge in [0.25, 0.3) is 0 Å². The van der Waals surface area contributed by atoms with Crippen LogP contribution in [0.3, 0.4) is 0 Å². The molecule has 1 unspecified atom stereocenters. The Morgan fingerprint density at radius 1 is 1.39 bits per heavy atom. The summed E-state index contributed by atoms with van der Waals surface area (Å²) in [5, 5.41) is 7.21. The summed E-state index contributed by atoms with van der Waals surface area (Å²) >= 11 is 5.35. The molecule has 0 saturated carbocycles. The number of pyridine rings is 1. The van der Waals surface area contributed by atoms with Crippen molar-refractivity contribution in [2.75, 3.05) is 0 Å². The number of nitrogens with zero attached hydrogens (tertiary/aromatic N) is 3. The normalized spacial score (nSPS) is 12.6. The number of rotatable bonds is 5. The first-order valence-corrected chi connectivity index (χ1v) is 6.77. The summed E-state index contributed by atoms with van der Waals surface area (Å²) in [6.45, 7) is 4.37. The third kappa shape index (κ3) is 2.51. The molecular formula is C13H18N4S. The second kappa shape index (κ2) is 5.91. The maximum atomic E-state index is 5.35. The van der Waals surface area contributed by atoms with Gasteiger partial charge in [0.05, 0.1) is 0 Å². The summed E-state index contributed by atoms with van der Waals surface area (Å²) in [6, 6.07) is 6.21. The maximum Gasteiger partial charge on any atom is 0.195 e. The van der Waals surface area contributed by atoms with E-state index in [0.717, 1.165) is 30.8 Å². The first-order chi connectivity index (χ1) is 8.77. The van der Waals surface area contributed by atoms with Crippen LogP contribution in [0.5, 0.6) is 0 Å². The Kier molecular flexibility index (Phi) is 4.25. The standard InChI is InChI=1S/C13H18N4S/c1-3-7-10(4-2)17-12(15-16-13(17)18)11-8-5-6-9-14-11/h5-6,8-10H,3-4,7H2,1-2H3,(H,16,18). The molecule has 0 fully saturated rings. The molecule has 4 nitrogen and oxygen atoms in total. The quantitative estimate of drug-likeness (QED) is 0.835. The van der Waals surface area contributed by atoms with E-state index >= 15 is 0 Å². The van der Waals surface area contributed by atoms with Gasteiger partial charge in [0.1, 0.15) is 5.69 Å². The van der Waals surface area contributed by atoms with Crippen LogP contribution in [-0.2, 0) is 0 Å². The first-order valence-electron chi connectivity index (χ1n) is 6.36. The molecule has 0 radical (unpaired) electrons. The maximum absolute atomic E-state index is 5.35. The fraction of sp³-hybridized carbons (Fsp3) is 0.462. The van der Waals surface area contributed by atoms with Gasteiger partial charge in [-0.3, -0.25) is 14.6 Å². The van der Waals surface area contributed by atoms with E-state index in [4.69, 9.17) is 12.2 Å². The summed E-state index contributed by atoms with van der Waals surface area (Å²) in [5.41, 5.74) is 0.861. The van der Waals surface area contributed by atoms with E-state index in [-0.39, 0.29) is 0 Å². The summed E-state index contributed by atoms with van der Waals surface area (Å²) in [7, 11) is 0. The van der Waals surface area contributed by atoms with Crippen molar-refractivity contribution in [3.05, 3.63) is 29.2 Å². The highest BCUT2D eigenvalue weighted by atomic mass is 32.1. The number of aromatic nitrogens is 4. The van der Waals surface area contributed by atoms with Crippen LogP contribution in [0.2, 0.25) is 0 Å². The van der Waals surface area contributed by atoms with Gasteiger partial charge in [0.2, 0.25) is 0 Å². The molecule has 1 N–H and O–H groups in total. The third-order valence-electron chi connectivity index (χ3n) is 3.06. The number of nitrogens with one attached hydrogen (secondary N) is 1. The Hall–Kier alpha value is -1.49. The summed E-state index contributed by atoms with van der Waals surface area (Å²) < 4.78 is 2.78. The smallest absolute Gasteiger partial charge is 0.195 e. The second-order valence-electron chi connectivity index (χ2n) is 4.29. The van der Waals surface area contributed by atoms with Gasteiger partial charge in [0, 0.05) is 12.2 Å². The molecule has 2 rings (SSSR count). The Labute approximate surface area is 112 Å². The number of aromatic amines is 1. The van der Waals surface area contributed by atoms with Gasteiger partial charge in [-0.1, -0.05) is 26.3 Å². The van der Waals surface area contributed by atoms with Gasteiger partial charge in [-0.2, -0.15) is 5.10 Å². The zero-order valence-corrected chi connectivity index (χ0v) is 11.6. The van der Waals surface area contributed by atoms with Crippen LogP contribution in [0.15, 0.2) is 24.4 Å². The molecule has 0 spiro atoms. The molecule has 96 valence electrons. The Morgan fingerprint density at radius 3 is 2.83 bits per heavy atom. The molecule has 18 heavy (non-hydrogen) atoms. The minimum absolute atomic E-state index is 0.387. The van der Waals surface area contributed by atoms with Crippen LogP contribution in [-0.4, -0.2) is 19.7 Å². The fourth-order valence-corrected chi connectivity index (χ4v) is 2.45. The highest BCUT2D eigenvalue weighted by Gasteiger charge is 2.16. The monoisotopic (exact) mass is 262 g/mol. The minimum Gasteiger partial charge on any atom is -0.296 e. The zero-order chi connectivity index (χ0) is 13.0. The Balaban J connectivity index is 2.47. The van der Waals surface area contributed by atoms with Crippen LogP contribution in [0.25, 0.3) is 11.5 Å². The van der Waals surface area contributed by atoms with E-state index in [2.05, 4.69) is 33.6 Å². The summed E-state index contributed by atoms with van der Waals surface area (Å²) in [4.78, 5) is 4.35. The Bertz CT molecular complexity index is 544. The van der Waals surface area contributed by atoms with E-state index < -0.39 is 0 Å². The topological polar surface area (TPSA) is 46.5 Å². The zero-order valence-electron chi connectivity index (χ0n) is 10.8. The van der Waals surface area contributed by atoms with Crippen molar-refractivity contribution in [1.29, 1.82) is 0 Å². The van der Waals surface area contributed by atoms with Crippen molar-refractivity contribution in [1.82, 2.24) is 19.7 Å². The van der Waals surface area contributed by atoms with Crippen LogP contribution < -0.4 is 0 Å². The highest BCUT2D eigenvalue weighted by molar-refractivity contribution is 7.71. The molecule has 0 aliphatic carbocycles. The average molecular weight is 262 g/mol. The van der Waals surface area contributed by atoms with Gasteiger partial charge in [-0.25, -0.2) is 0 Å². The van der Waals surface area contributed by atoms with Gasteiger partial charge in [-0.05, 0) is 37.2 Å². The minimum atomic E-state index is 0.387. The average Bonchev–Trinajstić information content (AvgIpc) is 2.79. The number of H-pyrrole nitrogens is 1. The molecule has 0 aromatic carbocycles. The predicted octanol–water partition coefficient (Wildman–Crippen LogP) is 3.75. The van der Waals surface area contributed by atoms with E-state index in [1.54, 1.807) is 6.20 Å². The first kappa shape index (κ1) is 13.0. The molecule has 2 aromatic rings. The molecule has 0 aliphatic heterocycles. The van der Waals surface area contributed by atoms with Crippen LogP contribution in [0, 0.1) is 4.77 Å². The van der Waals surface area contributed by atoms with Gasteiger partial charge in [0.15, 0.2) is 10.6 Å². The summed E-state index contributed by atoms with van der Waals surface area (Å²) in [5.74, 6) is 0.834. The van der Waals surface area contributed by atoms with Crippen molar-refractivity contribution in [3.8, 4) is 11.5 Å². The van der Waals surface area contributed by atoms with Crippen molar-refractivity contribution < 1.29 is 0 Å². The lowest BCUT2D eigenvalue weighted by atomic mass is 10.1. The van der Waals surface area contributed by atoms with Gasteiger partial charge < -0.3 is 0 Å². The molecule has 0 amide bonds. The molecule has 0 aliphatic rings. The SMILES string of the molecule is CCCC(CC)n1c(-c2ccccn2)n[nH]c1=S. The summed E-state index contributed by atoms with van der Waals surface area (Å²) in [6.07, 6.45) is 5.05. The van der Waals surface area contributed by atoms with Crippen molar-refractivity contribution in [2.24, 2.45) is 0 Å². The molecule has 2 aromatic heterocycles. The van der Waals surface area contributed by atoms with Crippen LogP contribution >= 0.6 is 12.2 Å². The lowest BCUT2D eigenvalue weighted by Gasteiger charge is -2.17. The fourth-order valence-electron chi connectivity index (χ4n) is 2.17. The van der Waals surface area contributed by atoms with E-state index in [1.807, 2.05) is 18.2 Å². The van der Waals surface area contributed by atoms with Crippen molar-refractivity contribution >= 4 is 12.2 Å². The molecule has 2 heterocycles. The van der Waals surface area contributed by atoms with E-state index in [1.165, 1.54) is 0 Å². The lowest BCUT2D eigenvalue weighted by molar-refractivity contribution is 0.446. The number of hydrogen-bond donors (Lipinski definition) is 1. The molecule has 0 saturated heterocycles.